The van der Waals surface area contributed by atoms with E-state index in [4.69, 9.17) is 28.2 Å². The Morgan fingerprint density at radius 2 is 2.03 bits per heavy atom. The number of nitrogens with zero attached hydrogens (tertiary/aromatic N) is 7. The quantitative estimate of drug-likeness (QED) is 0.433. The summed E-state index contributed by atoms with van der Waals surface area (Å²) >= 11 is 12.5. The third-order valence-corrected chi connectivity index (χ3v) is 9.61. The Hall–Kier alpha value is -2.49. The summed E-state index contributed by atoms with van der Waals surface area (Å²) in [6.45, 7) is 6.10. The van der Waals surface area contributed by atoms with Crippen LogP contribution in [0.4, 0.5) is 5.82 Å². The van der Waals surface area contributed by atoms with Crippen LogP contribution in [-0.2, 0) is 10.0 Å². The second-order valence-electron chi connectivity index (χ2n) is 10.0. The van der Waals surface area contributed by atoms with E-state index in [9.17, 15) is 13.7 Å². The van der Waals surface area contributed by atoms with E-state index >= 15 is 0 Å². The number of halogens is 2. The molecule has 0 spiro atoms. The minimum absolute atomic E-state index is 0.126. The minimum Gasteiger partial charge on any atom is -0.355 e. The van der Waals surface area contributed by atoms with Crippen LogP contribution in [0.15, 0.2) is 24.4 Å². The van der Waals surface area contributed by atoms with Crippen molar-refractivity contribution in [3.8, 4) is 6.07 Å². The molecule has 2 aliphatic heterocycles. The lowest BCUT2D eigenvalue weighted by molar-refractivity contribution is 0.125. The summed E-state index contributed by atoms with van der Waals surface area (Å²) in [5.41, 5.74) is 2.05. The lowest BCUT2D eigenvalue weighted by Crippen LogP contribution is -2.54. The first-order valence-corrected chi connectivity index (χ1v) is 15.1. The number of piperidine rings is 1. The molecule has 0 radical (unpaired) electrons. The number of likely N-dealkylation sites (tertiary alicyclic amines) is 1. The molecule has 5 rings (SSSR count). The molecule has 38 heavy (non-hydrogen) atoms. The Bertz CT molecular complexity index is 1480. The van der Waals surface area contributed by atoms with Gasteiger partial charge in [-0.1, -0.05) is 29.3 Å². The molecule has 1 aromatic carbocycles. The number of anilines is 1. The molecule has 1 unspecified atom stereocenters. The van der Waals surface area contributed by atoms with Crippen LogP contribution in [0, 0.1) is 23.2 Å². The number of sulfonamides is 1. The summed E-state index contributed by atoms with van der Waals surface area (Å²) in [6, 6.07) is 7.17. The van der Waals surface area contributed by atoms with Crippen molar-refractivity contribution in [2.45, 2.75) is 25.8 Å². The van der Waals surface area contributed by atoms with Gasteiger partial charge in [0.15, 0.2) is 11.3 Å². The summed E-state index contributed by atoms with van der Waals surface area (Å²) in [5.74, 6) is 1.92. The zero-order chi connectivity index (χ0) is 27.0. The molecule has 202 valence electrons. The molecule has 2 aromatic heterocycles. The SMILES string of the molecule is CNS(=O)(=O)CCN1CCC[C@H](C2CN(c3cnc4c(C#N)nn(C(C)c5ccc(Cl)cc5Cl)c4n3)C2)C1. The normalized spacial score (nSPS) is 19.9. The van der Waals surface area contributed by atoms with E-state index in [1.165, 1.54) is 7.05 Å². The van der Waals surface area contributed by atoms with Gasteiger partial charge in [0.1, 0.15) is 17.4 Å². The van der Waals surface area contributed by atoms with Gasteiger partial charge in [0.2, 0.25) is 10.0 Å². The van der Waals surface area contributed by atoms with Crippen molar-refractivity contribution in [1.29, 1.82) is 5.26 Å². The van der Waals surface area contributed by atoms with Crippen LogP contribution in [0.2, 0.25) is 10.0 Å². The maximum atomic E-state index is 11.8. The Labute approximate surface area is 232 Å². The highest BCUT2D eigenvalue weighted by molar-refractivity contribution is 7.89. The van der Waals surface area contributed by atoms with Gasteiger partial charge in [0, 0.05) is 36.2 Å². The van der Waals surface area contributed by atoms with Gasteiger partial charge in [-0.05, 0) is 62.9 Å². The Balaban J connectivity index is 1.30. The van der Waals surface area contributed by atoms with E-state index in [0.29, 0.717) is 39.6 Å². The minimum atomic E-state index is -3.20. The third kappa shape index (κ3) is 5.46. The lowest BCUT2D eigenvalue weighted by atomic mass is 9.80. The fraction of sp³-hybridized carbons (Fsp3) is 0.520. The first-order chi connectivity index (χ1) is 18.2. The van der Waals surface area contributed by atoms with E-state index < -0.39 is 10.0 Å². The van der Waals surface area contributed by atoms with Gasteiger partial charge in [-0.25, -0.2) is 27.8 Å². The predicted molar refractivity (Wildman–Crippen MR) is 148 cm³/mol. The number of hydrogen-bond acceptors (Lipinski definition) is 8. The monoisotopic (exact) mass is 576 g/mol. The number of benzene rings is 1. The van der Waals surface area contributed by atoms with Gasteiger partial charge in [0.05, 0.1) is 18.0 Å². The average Bonchev–Trinajstić information content (AvgIpc) is 3.25. The number of fused-ring (bicyclic) bond motifs is 1. The van der Waals surface area contributed by atoms with E-state index in [1.807, 2.05) is 13.0 Å². The van der Waals surface area contributed by atoms with E-state index in [-0.39, 0.29) is 17.5 Å². The second-order valence-corrected chi connectivity index (χ2v) is 12.9. The van der Waals surface area contributed by atoms with Crippen molar-refractivity contribution < 1.29 is 8.42 Å². The molecule has 0 bridgehead atoms. The summed E-state index contributed by atoms with van der Waals surface area (Å²) < 4.78 is 27.7. The largest absolute Gasteiger partial charge is 0.355 e. The van der Waals surface area contributed by atoms with Crippen molar-refractivity contribution in [2.75, 3.05) is 50.4 Å². The van der Waals surface area contributed by atoms with Crippen LogP contribution in [0.1, 0.15) is 37.1 Å². The number of nitriles is 1. The predicted octanol–water partition coefficient (Wildman–Crippen LogP) is 3.31. The zero-order valence-corrected chi connectivity index (χ0v) is 23.6. The fourth-order valence-corrected chi connectivity index (χ4v) is 6.67. The first kappa shape index (κ1) is 27.1. The van der Waals surface area contributed by atoms with Crippen LogP contribution in [0.5, 0.6) is 0 Å². The fourth-order valence-electron chi connectivity index (χ4n) is 5.40. The molecule has 0 amide bonds. The van der Waals surface area contributed by atoms with E-state index in [1.54, 1.807) is 23.0 Å². The molecule has 0 aliphatic carbocycles. The van der Waals surface area contributed by atoms with E-state index in [2.05, 4.69) is 30.7 Å². The Morgan fingerprint density at radius 1 is 1.24 bits per heavy atom. The highest BCUT2D eigenvalue weighted by Gasteiger charge is 2.37. The molecular formula is C25H30Cl2N8O2S. The lowest BCUT2D eigenvalue weighted by Gasteiger charge is -2.47. The van der Waals surface area contributed by atoms with Gasteiger partial charge >= 0.3 is 0 Å². The standard InChI is InChI=1S/C25H30Cl2N8O2S/c1-16(20-6-5-19(26)10-21(20)27)35-25-24(22(11-28)32-35)30-12-23(31-25)34-14-18(15-34)17-4-3-7-33(13-17)8-9-38(36,37)29-2/h5-6,10,12,16-18,29H,3-4,7-9,13-15H2,1-2H3/t16?,17-/m0/s1. The first-order valence-electron chi connectivity index (χ1n) is 12.7. The smallest absolute Gasteiger partial charge is 0.212 e. The molecule has 10 nitrogen and oxygen atoms in total. The zero-order valence-electron chi connectivity index (χ0n) is 21.3. The number of rotatable bonds is 8. The van der Waals surface area contributed by atoms with Crippen molar-refractivity contribution in [3.05, 3.63) is 45.7 Å². The van der Waals surface area contributed by atoms with Crippen LogP contribution >= 0.6 is 23.2 Å². The molecule has 4 heterocycles. The highest BCUT2D eigenvalue weighted by atomic mass is 35.5. The Morgan fingerprint density at radius 3 is 2.74 bits per heavy atom. The van der Waals surface area contributed by atoms with Crippen LogP contribution < -0.4 is 9.62 Å². The maximum absolute atomic E-state index is 11.8. The molecule has 2 fully saturated rings. The summed E-state index contributed by atoms with van der Waals surface area (Å²) in [6.07, 6.45) is 3.94. The molecule has 1 N–H and O–H groups in total. The van der Waals surface area contributed by atoms with Gasteiger partial charge in [-0.2, -0.15) is 10.4 Å². The average molecular weight is 578 g/mol. The molecule has 2 aliphatic rings. The van der Waals surface area contributed by atoms with Crippen molar-refractivity contribution >= 4 is 50.2 Å². The van der Waals surface area contributed by atoms with Crippen LogP contribution in [-0.4, -0.2) is 78.6 Å². The molecular weight excluding hydrogens is 547 g/mol. The van der Waals surface area contributed by atoms with Crippen molar-refractivity contribution in [3.63, 3.8) is 0 Å². The number of aromatic nitrogens is 4. The highest BCUT2D eigenvalue weighted by Crippen LogP contribution is 2.35. The summed E-state index contributed by atoms with van der Waals surface area (Å²) in [5, 5.41) is 15.2. The van der Waals surface area contributed by atoms with E-state index in [0.717, 1.165) is 50.4 Å². The second kappa shape index (κ2) is 10.9. The van der Waals surface area contributed by atoms with Crippen molar-refractivity contribution in [1.82, 2.24) is 29.4 Å². The molecule has 0 saturated carbocycles. The Kier molecular flexibility index (Phi) is 7.80. The summed E-state index contributed by atoms with van der Waals surface area (Å²) in [7, 11) is -1.74. The molecule has 3 aromatic rings. The van der Waals surface area contributed by atoms with Crippen LogP contribution in [0.3, 0.4) is 0 Å². The van der Waals surface area contributed by atoms with Crippen LogP contribution in [0.25, 0.3) is 11.2 Å². The summed E-state index contributed by atoms with van der Waals surface area (Å²) in [4.78, 5) is 13.9. The molecule has 13 heteroatoms. The number of nitrogens with one attached hydrogen (secondary N) is 1. The topological polar surface area (TPSA) is 120 Å². The maximum Gasteiger partial charge on any atom is 0.212 e. The van der Waals surface area contributed by atoms with Gasteiger partial charge in [-0.15, -0.1) is 0 Å². The third-order valence-electron chi connectivity index (χ3n) is 7.71. The van der Waals surface area contributed by atoms with Gasteiger partial charge in [-0.3, -0.25) is 0 Å². The van der Waals surface area contributed by atoms with Gasteiger partial charge < -0.3 is 9.80 Å². The molecule has 2 saturated heterocycles. The molecule has 2 atom stereocenters. The van der Waals surface area contributed by atoms with Gasteiger partial charge in [0.25, 0.3) is 0 Å². The number of hydrogen-bond donors (Lipinski definition) is 1. The van der Waals surface area contributed by atoms with Crippen molar-refractivity contribution in [2.24, 2.45) is 11.8 Å².